The van der Waals surface area contributed by atoms with Crippen LogP contribution in [-0.2, 0) is 32.7 Å². The summed E-state index contributed by atoms with van der Waals surface area (Å²) in [4.78, 5) is 34.6. The summed E-state index contributed by atoms with van der Waals surface area (Å²) >= 11 is 0. The van der Waals surface area contributed by atoms with Gasteiger partial charge in [0.2, 0.25) is 0 Å². The minimum atomic E-state index is -4.38. The Morgan fingerprint density at radius 2 is 1.13 bits per heavy atom. The highest BCUT2D eigenvalue weighted by molar-refractivity contribution is 7.47. The van der Waals surface area contributed by atoms with Crippen LogP contribution in [-0.4, -0.2) is 49.3 Å². The van der Waals surface area contributed by atoms with E-state index in [9.17, 15) is 19.0 Å². The van der Waals surface area contributed by atoms with Crippen molar-refractivity contribution in [3.05, 3.63) is 48.6 Å². The predicted octanol–water partition coefficient (Wildman–Crippen LogP) is 9.60. The largest absolute Gasteiger partial charge is 0.472 e. The molecule has 0 aliphatic heterocycles. The molecule has 1 unspecified atom stereocenters. The maximum Gasteiger partial charge on any atom is 0.472 e. The van der Waals surface area contributed by atoms with Crippen molar-refractivity contribution < 1.29 is 37.6 Å². The highest BCUT2D eigenvalue weighted by Gasteiger charge is 2.25. The molecule has 10 heteroatoms. The molecule has 0 amide bonds. The number of esters is 2. The Kier molecular flexibility index (Phi) is 32.4. The summed E-state index contributed by atoms with van der Waals surface area (Å²) in [5, 5.41) is 0. The smallest absolute Gasteiger partial charge is 0.462 e. The van der Waals surface area contributed by atoms with Gasteiger partial charge in [0.15, 0.2) is 6.10 Å². The predicted molar refractivity (Wildman–Crippen MR) is 192 cm³/mol. The second kappa shape index (κ2) is 33.9. The summed E-state index contributed by atoms with van der Waals surface area (Å²) in [5.41, 5.74) is 5.32. The van der Waals surface area contributed by atoms with Gasteiger partial charge >= 0.3 is 19.8 Å². The van der Waals surface area contributed by atoms with Gasteiger partial charge in [-0.3, -0.25) is 18.6 Å². The van der Waals surface area contributed by atoms with Crippen LogP contribution in [0.5, 0.6) is 0 Å². The number of hydrogen-bond acceptors (Lipinski definition) is 8. The fraction of sp³-hybridized carbons (Fsp3) is 0.730. The molecule has 272 valence electrons. The number of nitrogens with two attached hydrogens (primary N) is 1. The summed E-state index contributed by atoms with van der Waals surface area (Å²) in [5.74, 6) is -0.892. The third-order valence-corrected chi connectivity index (χ3v) is 8.17. The van der Waals surface area contributed by atoms with Crippen molar-refractivity contribution in [1.29, 1.82) is 0 Å². The molecule has 2 atom stereocenters. The number of phosphoric acid groups is 1. The van der Waals surface area contributed by atoms with Gasteiger partial charge in [-0.15, -0.1) is 0 Å². The molecule has 0 saturated carbocycles. The minimum Gasteiger partial charge on any atom is -0.462 e. The van der Waals surface area contributed by atoms with Crippen LogP contribution < -0.4 is 5.73 Å². The molecule has 9 nitrogen and oxygen atoms in total. The number of unbranched alkanes of at least 4 members (excludes halogenated alkanes) is 12. The standard InChI is InChI=1S/C37H66NO8P/c1-3-5-7-9-11-13-15-16-17-18-20-22-24-26-28-30-37(40)46-35(34-45-47(41,42)44-32-31-38)33-43-36(39)29-27-25-23-21-19-14-12-10-8-6-4-2/h10-13,16-17,20,22,35H,3-9,14-15,18-19,21,23-34,38H2,1-2H3,(H,41,42)/b12-10-,13-11-,17-16-,22-20-/t35-/m1/s1. The zero-order valence-corrected chi connectivity index (χ0v) is 30.4. The van der Waals surface area contributed by atoms with Gasteiger partial charge in [-0.1, -0.05) is 107 Å². The van der Waals surface area contributed by atoms with E-state index in [1.807, 2.05) is 0 Å². The van der Waals surface area contributed by atoms with E-state index in [1.54, 1.807) is 0 Å². The molecule has 3 N–H and O–H groups in total. The Morgan fingerprint density at radius 3 is 1.77 bits per heavy atom. The van der Waals surface area contributed by atoms with Crippen LogP contribution in [0, 0.1) is 0 Å². The number of carbonyl (C=O) groups excluding carboxylic acids is 2. The van der Waals surface area contributed by atoms with E-state index in [0.717, 1.165) is 70.6 Å². The molecular weight excluding hydrogens is 617 g/mol. The van der Waals surface area contributed by atoms with Gasteiger partial charge in [-0.05, 0) is 70.6 Å². The van der Waals surface area contributed by atoms with Gasteiger partial charge < -0.3 is 20.1 Å². The van der Waals surface area contributed by atoms with Gasteiger partial charge in [0.05, 0.1) is 13.2 Å². The number of ether oxygens (including phenoxy) is 2. The molecule has 0 aromatic rings. The zero-order chi connectivity index (χ0) is 34.7. The van der Waals surface area contributed by atoms with Crippen LogP contribution in [0.1, 0.15) is 142 Å². The lowest BCUT2D eigenvalue weighted by atomic mass is 10.1. The number of allylic oxidation sites excluding steroid dienone is 8. The summed E-state index contributed by atoms with van der Waals surface area (Å²) in [6, 6.07) is 0. The highest BCUT2D eigenvalue weighted by Crippen LogP contribution is 2.43. The molecule has 0 aromatic heterocycles. The second-order valence-electron chi connectivity index (χ2n) is 11.7. The Labute approximate surface area is 286 Å². The van der Waals surface area contributed by atoms with Crippen molar-refractivity contribution in [2.24, 2.45) is 5.73 Å². The monoisotopic (exact) mass is 683 g/mol. The van der Waals surface area contributed by atoms with Gasteiger partial charge in [-0.2, -0.15) is 0 Å². The molecule has 47 heavy (non-hydrogen) atoms. The number of phosphoric ester groups is 1. The van der Waals surface area contributed by atoms with E-state index in [1.165, 1.54) is 32.1 Å². The molecule has 0 bridgehead atoms. The lowest BCUT2D eigenvalue weighted by molar-refractivity contribution is -0.161. The van der Waals surface area contributed by atoms with Gasteiger partial charge in [0, 0.05) is 19.4 Å². The Balaban J connectivity index is 4.36. The third kappa shape index (κ3) is 33.7. The summed E-state index contributed by atoms with van der Waals surface area (Å²) in [6.07, 6.45) is 35.7. The van der Waals surface area contributed by atoms with Gasteiger partial charge in [0.1, 0.15) is 6.61 Å². The van der Waals surface area contributed by atoms with Gasteiger partial charge in [-0.25, -0.2) is 4.57 Å². The Bertz CT molecular complexity index is 918. The maximum absolute atomic E-state index is 12.5. The van der Waals surface area contributed by atoms with Crippen molar-refractivity contribution in [1.82, 2.24) is 0 Å². The van der Waals surface area contributed by atoms with E-state index in [-0.39, 0.29) is 32.6 Å². The van der Waals surface area contributed by atoms with Crippen LogP contribution in [0.4, 0.5) is 0 Å². The zero-order valence-electron chi connectivity index (χ0n) is 29.5. The average molecular weight is 684 g/mol. The van der Waals surface area contributed by atoms with E-state index < -0.39 is 32.5 Å². The van der Waals surface area contributed by atoms with Crippen molar-refractivity contribution >= 4 is 19.8 Å². The summed E-state index contributed by atoms with van der Waals surface area (Å²) < 4.78 is 32.5. The third-order valence-electron chi connectivity index (χ3n) is 7.19. The maximum atomic E-state index is 12.5. The molecule has 0 saturated heterocycles. The van der Waals surface area contributed by atoms with Crippen LogP contribution in [0.2, 0.25) is 0 Å². The van der Waals surface area contributed by atoms with Crippen LogP contribution in [0.3, 0.4) is 0 Å². The van der Waals surface area contributed by atoms with Crippen molar-refractivity contribution in [2.45, 2.75) is 148 Å². The molecule has 0 spiro atoms. The molecule has 0 fully saturated rings. The lowest BCUT2D eigenvalue weighted by Gasteiger charge is -2.19. The number of carbonyl (C=O) groups is 2. The fourth-order valence-electron chi connectivity index (χ4n) is 4.44. The van der Waals surface area contributed by atoms with Crippen molar-refractivity contribution in [2.75, 3.05) is 26.4 Å². The normalized spacial score (nSPS) is 14.0. The van der Waals surface area contributed by atoms with E-state index in [2.05, 4.69) is 62.5 Å². The molecule has 0 aliphatic rings. The second-order valence-corrected chi connectivity index (χ2v) is 13.2. The Morgan fingerprint density at radius 1 is 0.638 bits per heavy atom. The molecule has 0 rings (SSSR count). The fourth-order valence-corrected chi connectivity index (χ4v) is 5.21. The molecule has 0 aromatic carbocycles. The molecular formula is C37H66NO8P. The minimum absolute atomic E-state index is 0.0444. The van der Waals surface area contributed by atoms with Crippen LogP contribution in [0.25, 0.3) is 0 Å². The van der Waals surface area contributed by atoms with E-state index in [4.69, 9.17) is 24.3 Å². The quantitative estimate of drug-likeness (QED) is 0.0300. The SMILES string of the molecule is CCCC/C=C\CCCCCCCC(=O)OC[C@H](COP(=O)(O)OCCN)OC(=O)CCCC/C=C\C/C=C\C/C=C\CCCCC. The van der Waals surface area contributed by atoms with Crippen LogP contribution in [0.15, 0.2) is 48.6 Å². The first-order valence-corrected chi connectivity index (χ1v) is 19.6. The average Bonchev–Trinajstić information content (AvgIpc) is 3.05. The molecule has 0 radical (unpaired) electrons. The topological polar surface area (TPSA) is 134 Å². The first-order valence-electron chi connectivity index (χ1n) is 18.1. The van der Waals surface area contributed by atoms with Crippen LogP contribution >= 0.6 is 7.82 Å². The first kappa shape index (κ1) is 45.0. The van der Waals surface area contributed by atoms with E-state index >= 15 is 0 Å². The summed E-state index contributed by atoms with van der Waals surface area (Å²) in [7, 11) is -4.38. The van der Waals surface area contributed by atoms with Crippen molar-refractivity contribution in [3.8, 4) is 0 Å². The molecule has 0 aliphatic carbocycles. The first-order chi connectivity index (χ1) is 22.8. The Hall–Kier alpha value is -2.03. The van der Waals surface area contributed by atoms with Gasteiger partial charge in [0.25, 0.3) is 0 Å². The molecule has 0 heterocycles. The number of rotatable bonds is 33. The summed E-state index contributed by atoms with van der Waals surface area (Å²) in [6.45, 7) is 3.57. The lowest BCUT2D eigenvalue weighted by Crippen LogP contribution is -2.29. The van der Waals surface area contributed by atoms with E-state index in [0.29, 0.717) is 12.8 Å². The van der Waals surface area contributed by atoms with Crippen molar-refractivity contribution in [3.63, 3.8) is 0 Å². The highest BCUT2D eigenvalue weighted by atomic mass is 31.2. The number of hydrogen-bond donors (Lipinski definition) is 2.